The maximum Gasteiger partial charge on any atom is 0.193 e. The van der Waals surface area contributed by atoms with Crippen LogP contribution >= 0.6 is 0 Å². The van der Waals surface area contributed by atoms with E-state index in [1.54, 1.807) is 18.6 Å². The Balaban J connectivity index is 0.000001000. The third-order valence-electron chi connectivity index (χ3n) is 1.41. The molecule has 0 spiro atoms. The molecule has 1 aliphatic heterocycles. The zero-order chi connectivity index (χ0) is 7.40. The van der Waals surface area contributed by atoms with E-state index in [-0.39, 0.29) is 23.6 Å². The lowest BCUT2D eigenvalue weighted by Crippen LogP contribution is -3.08. The van der Waals surface area contributed by atoms with E-state index in [1.807, 2.05) is 0 Å². The van der Waals surface area contributed by atoms with Crippen LogP contribution in [0.2, 0.25) is 0 Å². The molecule has 3 nitrogen and oxygen atoms in total. The van der Waals surface area contributed by atoms with Gasteiger partial charge in [0.15, 0.2) is 12.0 Å². The normalized spacial score (nSPS) is 20.8. The molecule has 0 bridgehead atoms. The number of hydrogen-bond acceptors (Lipinski definition) is 2. The van der Waals surface area contributed by atoms with Gasteiger partial charge in [-0.3, -0.25) is 4.90 Å². The second-order valence-electron chi connectivity index (χ2n) is 2.11. The van der Waals surface area contributed by atoms with Crippen LogP contribution in [-0.4, -0.2) is 24.6 Å². The molecule has 0 aromatic rings. The van der Waals surface area contributed by atoms with Gasteiger partial charge in [0.05, 0.1) is 6.20 Å². The molecule has 0 saturated carbocycles. The molecule has 0 aromatic carbocycles. The second kappa shape index (κ2) is 5.23. The number of nitrogens with zero attached hydrogens (tertiary/aromatic N) is 1. The maximum atomic E-state index is 8.76. The Kier molecular flexibility index (Phi) is 5.02. The minimum absolute atomic E-state index is 0. The highest BCUT2D eigenvalue weighted by Crippen LogP contribution is 1.85. The molecule has 1 rings (SSSR count). The van der Waals surface area contributed by atoms with Crippen molar-refractivity contribution in [2.45, 2.75) is 0 Å². The van der Waals surface area contributed by atoms with Crippen molar-refractivity contribution in [3.05, 3.63) is 24.6 Å². The van der Waals surface area contributed by atoms with Gasteiger partial charge in [-0.25, -0.2) is 4.99 Å². The fraction of sp³-hybridized carbons (Fsp3) is 0.286. The van der Waals surface area contributed by atoms with Gasteiger partial charge in [-0.05, 0) is 6.08 Å². The van der Waals surface area contributed by atoms with Gasteiger partial charge < -0.3 is 22.1 Å². The number of aliphatic hydroxyl groups excluding tert-OH is 1. The van der Waals surface area contributed by atoms with Gasteiger partial charge in [-0.2, -0.15) is 0 Å². The summed E-state index contributed by atoms with van der Waals surface area (Å²) in [4.78, 5) is 4.97. The van der Waals surface area contributed by atoms with Crippen LogP contribution in [0.3, 0.4) is 0 Å². The standard InChI is InChI=1S/C7H10N2O.BrH/c1-2-3-9-6-8-4-7(9)5-10;/h2,4,6,10H,1,3,5H2;1H. The molecule has 11 heavy (non-hydrogen) atoms. The summed E-state index contributed by atoms with van der Waals surface area (Å²) in [5.74, 6) is 0. The van der Waals surface area contributed by atoms with Gasteiger partial charge in [-0.15, -0.1) is 0 Å². The Bertz CT molecular complexity index is 189. The van der Waals surface area contributed by atoms with Gasteiger partial charge in [0.25, 0.3) is 0 Å². The monoisotopic (exact) mass is 218 g/mol. The van der Waals surface area contributed by atoms with Crippen LogP contribution < -0.4 is 21.9 Å². The maximum absolute atomic E-state index is 8.76. The van der Waals surface area contributed by atoms with Crippen molar-refractivity contribution >= 4 is 6.34 Å². The molecule has 0 amide bonds. The summed E-state index contributed by atoms with van der Waals surface area (Å²) in [6.45, 7) is 4.46. The SMILES string of the molecule is C=CC[NH+]1C=NC=C1CO.[Br-]. The highest BCUT2D eigenvalue weighted by Gasteiger charge is 2.14. The number of aliphatic imine (C=N–C) groups is 1. The van der Waals surface area contributed by atoms with E-state index in [2.05, 4.69) is 11.6 Å². The zero-order valence-corrected chi connectivity index (χ0v) is 7.71. The number of quaternary nitrogens is 1. The first-order valence-corrected chi connectivity index (χ1v) is 3.18. The minimum atomic E-state index is 0. The quantitative estimate of drug-likeness (QED) is 0.466. The van der Waals surface area contributed by atoms with E-state index in [9.17, 15) is 0 Å². The first-order valence-electron chi connectivity index (χ1n) is 3.18. The van der Waals surface area contributed by atoms with Crippen molar-refractivity contribution in [1.82, 2.24) is 0 Å². The molecule has 2 N–H and O–H groups in total. The van der Waals surface area contributed by atoms with Crippen LogP contribution in [0, 0.1) is 0 Å². The summed E-state index contributed by atoms with van der Waals surface area (Å²) >= 11 is 0. The highest BCUT2D eigenvalue weighted by molar-refractivity contribution is 5.49. The Morgan fingerprint density at radius 2 is 2.45 bits per heavy atom. The molecule has 0 aliphatic carbocycles. The summed E-state index contributed by atoms with van der Waals surface area (Å²) in [5.41, 5.74) is 0.903. The molecular weight excluding hydrogens is 208 g/mol. The van der Waals surface area contributed by atoms with Crippen LogP contribution in [0.15, 0.2) is 29.5 Å². The number of rotatable bonds is 3. The van der Waals surface area contributed by atoms with Crippen molar-refractivity contribution in [2.75, 3.05) is 13.2 Å². The van der Waals surface area contributed by atoms with Crippen LogP contribution in [0.25, 0.3) is 0 Å². The third-order valence-corrected chi connectivity index (χ3v) is 1.41. The molecule has 0 saturated heterocycles. The lowest BCUT2D eigenvalue weighted by atomic mass is 10.4. The van der Waals surface area contributed by atoms with Gasteiger partial charge in [0.1, 0.15) is 13.2 Å². The summed E-state index contributed by atoms with van der Waals surface area (Å²) in [6.07, 6.45) is 5.24. The number of nitrogens with one attached hydrogen (secondary N) is 1. The van der Waals surface area contributed by atoms with E-state index >= 15 is 0 Å². The van der Waals surface area contributed by atoms with Gasteiger partial charge in [0.2, 0.25) is 0 Å². The largest absolute Gasteiger partial charge is 1.00 e. The molecule has 62 valence electrons. The van der Waals surface area contributed by atoms with Crippen LogP contribution in [0.1, 0.15) is 0 Å². The van der Waals surface area contributed by atoms with E-state index < -0.39 is 0 Å². The Hall–Kier alpha value is -0.450. The molecule has 4 heteroatoms. The van der Waals surface area contributed by atoms with Crippen molar-refractivity contribution in [1.29, 1.82) is 0 Å². The topological polar surface area (TPSA) is 37.0 Å². The van der Waals surface area contributed by atoms with Crippen molar-refractivity contribution in [2.24, 2.45) is 4.99 Å². The van der Waals surface area contributed by atoms with Gasteiger partial charge >= 0.3 is 0 Å². The average Bonchev–Trinajstić information content (AvgIpc) is 2.36. The fourth-order valence-electron chi connectivity index (χ4n) is 0.865. The van der Waals surface area contributed by atoms with Crippen LogP contribution in [-0.2, 0) is 0 Å². The molecular formula is C7H11BrN2O. The van der Waals surface area contributed by atoms with Crippen molar-refractivity contribution in [3.63, 3.8) is 0 Å². The predicted octanol–water partition coefficient (Wildman–Crippen LogP) is -4.06. The van der Waals surface area contributed by atoms with E-state index in [1.165, 1.54) is 0 Å². The molecule has 0 radical (unpaired) electrons. The minimum Gasteiger partial charge on any atom is -1.00 e. The average molecular weight is 219 g/mol. The van der Waals surface area contributed by atoms with Crippen LogP contribution in [0.4, 0.5) is 0 Å². The summed E-state index contributed by atoms with van der Waals surface area (Å²) < 4.78 is 0. The molecule has 1 unspecified atom stereocenters. The number of hydrogen-bond donors (Lipinski definition) is 2. The number of halogens is 1. The van der Waals surface area contributed by atoms with E-state index in [4.69, 9.17) is 5.11 Å². The summed E-state index contributed by atoms with van der Waals surface area (Å²) in [6, 6.07) is 0. The Morgan fingerprint density at radius 1 is 1.73 bits per heavy atom. The highest BCUT2D eigenvalue weighted by atomic mass is 79.9. The van der Waals surface area contributed by atoms with Crippen molar-refractivity contribution in [3.8, 4) is 0 Å². The summed E-state index contributed by atoms with van der Waals surface area (Å²) in [5, 5.41) is 8.76. The summed E-state index contributed by atoms with van der Waals surface area (Å²) in [7, 11) is 0. The van der Waals surface area contributed by atoms with Gasteiger partial charge in [0, 0.05) is 0 Å². The lowest BCUT2D eigenvalue weighted by molar-refractivity contribution is -0.746. The predicted molar refractivity (Wildman–Crippen MR) is 39.7 cm³/mol. The molecule has 1 aliphatic rings. The van der Waals surface area contributed by atoms with Gasteiger partial charge in [-0.1, -0.05) is 6.58 Å². The molecule has 1 heterocycles. The first-order chi connectivity index (χ1) is 4.88. The smallest absolute Gasteiger partial charge is 0.193 e. The fourth-order valence-corrected chi connectivity index (χ4v) is 0.865. The number of aliphatic hydroxyl groups is 1. The molecule has 0 fully saturated rings. The zero-order valence-electron chi connectivity index (χ0n) is 6.13. The Morgan fingerprint density at radius 3 is 3.00 bits per heavy atom. The second-order valence-corrected chi connectivity index (χ2v) is 2.11. The molecule has 1 atom stereocenters. The molecule has 0 aromatic heterocycles. The van der Waals surface area contributed by atoms with E-state index in [0.29, 0.717) is 0 Å². The first kappa shape index (κ1) is 10.6. The van der Waals surface area contributed by atoms with Crippen LogP contribution in [0.5, 0.6) is 0 Å². The Labute approximate surface area is 76.5 Å². The third kappa shape index (κ3) is 2.57. The van der Waals surface area contributed by atoms with Crippen molar-refractivity contribution < 1.29 is 27.0 Å². The lowest BCUT2D eigenvalue weighted by Gasteiger charge is -2.06. The van der Waals surface area contributed by atoms with E-state index in [0.717, 1.165) is 17.1 Å².